The molecule has 1 aliphatic rings. The van der Waals surface area contributed by atoms with Gasteiger partial charge in [-0.3, -0.25) is 14.9 Å². The van der Waals surface area contributed by atoms with Crippen LogP contribution in [0, 0.1) is 17.0 Å². The van der Waals surface area contributed by atoms with Gasteiger partial charge >= 0.3 is 5.69 Å². The van der Waals surface area contributed by atoms with Gasteiger partial charge in [-0.2, -0.15) is 0 Å². The molecule has 2 aromatic carbocycles. The van der Waals surface area contributed by atoms with Gasteiger partial charge in [0, 0.05) is 17.6 Å². The lowest BCUT2D eigenvalue weighted by atomic mass is 9.95. The maximum absolute atomic E-state index is 12.7. The van der Waals surface area contributed by atoms with Crippen molar-refractivity contribution in [2.24, 2.45) is 0 Å². The summed E-state index contributed by atoms with van der Waals surface area (Å²) < 4.78 is 0. The van der Waals surface area contributed by atoms with Gasteiger partial charge in [0.15, 0.2) is 11.5 Å². The summed E-state index contributed by atoms with van der Waals surface area (Å²) in [4.78, 5) is 22.9. The summed E-state index contributed by atoms with van der Waals surface area (Å²) in [5.74, 6) is -1.00. The molecule has 24 heavy (non-hydrogen) atoms. The van der Waals surface area contributed by atoms with E-state index in [2.05, 4.69) is 0 Å². The number of phenolic OH excluding ortho intramolecular Hbond substituents is 2. The Bertz CT molecular complexity index is 914. The van der Waals surface area contributed by atoms with Gasteiger partial charge in [-0.25, -0.2) is 0 Å². The molecule has 6 heteroatoms. The van der Waals surface area contributed by atoms with Gasteiger partial charge in [-0.15, -0.1) is 0 Å². The second-order valence-corrected chi connectivity index (χ2v) is 5.85. The van der Waals surface area contributed by atoms with Crippen LogP contribution in [-0.2, 0) is 0 Å². The Morgan fingerprint density at radius 1 is 1.17 bits per heavy atom. The molecule has 0 spiro atoms. The molecule has 0 fully saturated rings. The Hall–Kier alpha value is -3.15. The number of nitro benzene ring substituents is 1. The number of aromatic hydroxyl groups is 2. The van der Waals surface area contributed by atoms with E-state index >= 15 is 0 Å². The zero-order valence-corrected chi connectivity index (χ0v) is 13.1. The summed E-state index contributed by atoms with van der Waals surface area (Å²) >= 11 is 0. The lowest BCUT2D eigenvalue weighted by molar-refractivity contribution is -0.385. The third-order valence-corrected chi connectivity index (χ3v) is 4.35. The SMILES string of the molecule is Cc1ccc(O)c2c1C(C)C(=Cc1ccc(O)c([N+](=O)[O-])c1)C2=O. The highest BCUT2D eigenvalue weighted by atomic mass is 16.6. The van der Waals surface area contributed by atoms with Gasteiger partial charge in [0.2, 0.25) is 0 Å². The molecule has 0 saturated carbocycles. The standard InChI is InChI=1S/C18H15NO5/c1-9-3-5-15(21)17-16(9)10(2)12(18(17)22)7-11-4-6-14(20)13(8-11)19(23)24/h3-8,10,20-21H,1-2H3. The van der Waals surface area contributed by atoms with E-state index in [0.717, 1.165) is 11.1 Å². The fraction of sp³-hybridized carbons (Fsp3) is 0.167. The number of hydrogen-bond donors (Lipinski definition) is 2. The maximum Gasteiger partial charge on any atom is 0.311 e. The summed E-state index contributed by atoms with van der Waals surface area (Å²) in [5, 5.41) is 30.5. The third kappa shape index (κ3) is 2.32. The lowest BCUT2D eigenvalue weighted by Gasteiger charge is -2.09. The number of carbonyl (C=O) groups is 1. The first kappa shape index (κ1) is 15.7. The van der Waals surface area contributed by atoms with Crippen LogP contribution >= 0.6 is 0 Å². The molecule has 0 heterocycles. The minimum absolute atomic E-state index is 0.0625. The molecule has 1 unspecified atom stereocenters. The van der Waals surface area contributed by atoms with Crippen molar-refractivity contribution in [3.63, 3.8) is 0 Å². The average molecular weight is 325 g/mol. The number of allylic oxidation sites excluding steroid dienone is 1. The molecule has 0 saturated heterocycles. The number of phenols is 2. The van der Waals surface area contributed by atoms with E-state index < -0.39 is 16.4 Å². The van der Waals surface area contributed by atoms with E-state index in [1.165, 1.54) is 24.3 Å². The number of Topliss-reactive ketones (excluding diaryl/α,β-unsaturated/α-hetero) is 1. The minimum atomic E-state index is -0.679. The normalized spacial score (nSPS) is 18.0. The Balaban J connectivity index is 2.12. The number of benzene rings is 2. The average Bonchev–Trinajstić information content (AvgIpc) is 2.78. The van der Waals surface area contributed by atoms with Crippen molar-refractivity contribution in [2.45, 2.75) is 19.8 Å². The summed E-state index contributed by atoms with van der Waals surface area (Å²) in [7, 11) is 0. The zero-order chi connectivity index (χ0) is 17.6. The van der Waals surface area contributed by atoms with Crippen LogP contribution in [0.5, 0.6) is 11.5 Å². The maximum atomic E-state index is 12.7. The van der Waals surface area contributed by atoms with E-state index in [-0.39, 0.29) is 17.5 Å². The molecule has 1 atom stereocenters. The molecule has 2 aromatic rings. The first-order chi connectivity index (χ1) is 11.3. The fourth-order valence-corrected chi connectivity index (χ4v) is 3.15. The summed E-state index contributed by atoms with van der Waals surface area (Å²) in [6.45, 7) is 3.73. The van der Waals surface area contributed by atoms with Gasteiger partial charge in [0.1, 0.15) is 5.75 Å². The molecular formula is C18H15NO5. The minimum Gasteiger partial charge on any atom is -0.507 e. The number of rotatable bonds is 2. The number of carbonyl (C=O) groups excluding carboxylic acids is 1. The second kappa shape index (κ2) is 5.49. The summed E-state index contributed by atoms with van der Waals surface area (Å²) in [5.41, 5.74) is 2.46. The molecule has 0 bridgehead atoms. The number of fused-ring (bicyclic) bond motifs is 1. The number of aryl methyl sites for hydroxylation is 1. The van der Waals surface area contributed by atoms with Gasteiger partial charge in [0.05, 0.1) is 10.5 Å². The Morgan fingerprint density at radius 3 is 2.46 bits per heavy atom. The molecule has 2 N–H and O–H groups in total. The molecular weight excluding hydrogens is 310 g/mol. The van der Waals surface area contributed by atoms with Gasteiger partial charge < -0.3 is 10.2 Å². The van der Waals surface area contributed by atoms with Crippen molar-refractivity contribution in [1.82, 2.24) is 0 Å². The summed E-state index contributed by atoms with van der Waals surface area (Å²) in [6, 6.07) is 7.20. The Kier molecular flexibility index (Phi) is 3.60. The van der Waals surface area contributed by atoms with E-state index in [0.29, 0.717) is 16.7 Å². The molecule has 0 aliphatic heterocycles. The van der Waals surface area contributed by atoms with Crippen molar-refractivity contribution in [2.75, 3.05) is 0 Å². The molecule has 1 aliphatic carbocycles. The van der Waals surface area contributed by atoms with E-state index in [1.54, 1.807) is 12.1 Å². The Labute approximate surface area is 137 Å². The quantitative estimate of drug-likeness (QED) is 0.498. The monoisotopic (exact) mass is 325 g/mol. The number of nitrogens with zero attached hydrogens (tertiary/aromatic N) is 1. The number of ketones is 1. The van der Waals surface area contributed by atoms with Gasteiger partial charge in [0.25, 0.3) is 0 Å². The predicted octanol–water partition coefficient (Wildman–Crippen LogP) is 3.70. The van der Waals surface area contributed by atoms with Crippen LogP contribution in [0.3, 0.4) is 0 Å². The lowest BCUT2D eigenvalue weighted by Crippen LogP contribution is -1.98. The highest BCUT2D eigenvalue weighted by molar-refractivity contribution is 6.18. The highest BCUT2D eigenvalue weighted by Gasteiger charge is 2.35. The smallest absolute Gasteiger partial charge is 0.311 e. The van der Waals surface area contributed by atoms with E-state index in [4.69, 9.17) is 0 Å². The fourth-order valence-electron chi connectivity index (χ4n) is 3.15. The van der Waals surface area contributed by atoms with Crippen molar-refractivity contribution in [1.29, 1.82) is 0 Å². The molecule has 0 aromatic heterocycles. The molecule has 6 nitrogen and oxygen atoms in total. The van der Waals surface area contributed by atoms with Crippen molar-refractivity contribution in [3.8, 4) is 11.5 Å². The third-order valence-electron chi connectivity index (χ3n) is 4.35. The largest absolute Gasteiger partial charge is 0.507 e. The van der Waals surface area contributed by atoms with Crippen LogP contribution < -0.4 is 0 Å². The molecule has 0 radical (unpaired) electrons. The van der Waals surface area contributed by atoms with Crippen molar-refractivity contribution < 1.29 is 19.9 Å². The van der Waals surface area contributed by atoms with Crippen molar-refractivity contribution in [3.05, 3.63) is 68.3 Å². The Morgan fingerprint density at radius 2 is 1.83 bits per heavy atom. The first-order valence-electron chi connectivity index (χ1n) is 7.37. The zero-order valence-electron chi connectivity index (χ0n) is 13.1. The van der Waals surface area contributed by atoms with Crippen LogP contribution in [0.1, 0.15) is 39.9 Å². The van der Waals surface area contributed by atoms with Crippen LogP contribution in [0.15, 0.2) is 35.9 Å². The van der Waals surface area contributed by atoms with Crippen molar-refractivity contribution >= 4 is 17.5 Å². The van der Waals surface area contributed by atoms with Crippen LogP contribution in [-0.4, -0.2) is 20.9 Å². The molecule has 122 valence electrons. The van der Waals surface area contributed by atoms with E-state index in [1.807, 2.05) is 13.8 Å². The molecule has 0 amide bonds. The second-order valence-electron chi connectivity index (χ2n) is 5.85. The van der Waals surface area contributed by atoms with Crippen LogP contribution in [0.25, 0.3) is 6.08 Å². The van der Waals surface area contributed by atoms with Crippen LogP contribution in [0.4, 0.5) is 5.69 Å². The number of hydrogen-bond acceptors (Lipinski definition) is 5. The summed E-state index contributed by atoms with van der Waals surface area (Å²) in [6.07, 6.45) is 1.57. The highest BCUT2D eigenvalue weighted by Crippen LogP contribution is 2.44. The van der Waals surface area contributed by atoms with Gasteiger partial charge in [-0.1, -0.05) is 19.1 Å². The predicted molar refractivity (Wildman–Crippen MR) is 88.3 cm³/mol. The molecule has 3 rings (SSSR count). The topological polar surface area (TPSA) is 101 Å². The number of nitro groups is 1. The first-order valence-corrected chi connectivity index (χ1v) is 7.37. The van der Waals surface area contributed by atoms with Crippen LogP contribution in [0.2, 0.25) is 0 Å². The van der Waals surface area contributed by atoms with Gasteiger partial charge in [-0.05, 0) is 41.8 Å². The van der Waals surface area contributed by atoms with E-state index in [9.17, 15) is 25.1 Å².